The van der Waals surface area contributed by atoms with Crippen LogP contribution in [0.1, 0.15) is 36.6 Å². The van der Waals surface area contributed by atoms with E-state index in [1.165, 1.54) is 12.3 Å². The van der Waals surface area contributed by atoms with E-state index in [-0.39, 0.29) is 17.7 Å². The minimum atomic E-state index is -4.90. The Morgan fingerprint density at radius 2 is 1.85 bits per heavy atom. The van der Waals surface area contributed by atoms with Gasteiger partial charge in [-0.2, -0.15) is 18.4 Å². The van der Waals surface area contributed by atoms with Crippen LogP contribution in [0.15, 0.2) is 48.7 Å². The summed E-state index contributed by atoms with van der Waals surface area (Å²) in [6.45, 7) is 0. The molecule has 1 aliphatic rings. The number of pyridine rings is 1. The van der Waals surface area contributed by atoms with Crippen LogP contribution in [-0.4, -0.2) is 37.2 Å². The standard InChI is InChI=1S/C22H21F4N3O3S/c23-16-6-4-15(5-7-16)20(22(24,25)26)29-18(19(30)11-21(14-27)8-9-21)13-33(31,32)12-17-3-1-2-10-28-17/h1-7,10,18,20,29H,8-9,11-13H2/t18-,20-/m0/s1. The fraction of sp³-hybridized carbons (Fsp3) is 0.409. The summed E-state index contributed by atoms with van der Waals surface area (Å²) >= 11 is 0. The SMILES string of the molecule is N#CC1(CC(=O)[C@H](CS(=O)(=O)Cc2ccccn2)N[C@@H](c2ccc(F)cc2)C(F)(F)F)CC1. The van der Waals surface area contributed by atoms with Crippen molar-refractivity contribution in [1.82, 2.24) is 10.3 Å². The predicted octanol–water partition coefficient (Wildman–Crippen LogP) is 3.66. The molecule has 2 atom stereocenters. The number of alkyl halides is 3. The summed E-state index contributed by atoms with van der Waals surface area (Å²) in [5, 5.41) is 11.4. The highest BCUT2D eigenvalue weighted by Crippen LogP contribution is 2.48. The Morgan fingerprint density at radius 3 is 2.36 bits per heavy atom. The number of aromatic nitrogens is 1. The van der Waals surface area contributed by atoms with Crippen LogP contribution in [-0.2, 0) is 20.4 Å². The smallest absolute Gasteiger partial charge is 0.298 e. The minimum absolute atomic E-state index is 0.185. The Morgan fingerprint density at radius 1 is 1.18 bits per heavy atom. The normalized spacial score (nSPS) is 17.1. The third kappa shape index (κ3) is 6.82. The second kappa shape index (κ2) is 9.57. The van der Waals surface area contributed by atoms with E-state index < -0.39 is 56.6 Å². The number of nitrogens with zero attached hydrogens (tertiary/aromatic N) is 2. The second-order valence-electron chi connectivity index (χ2n) is 8.16. The molecule has 2 aromatic rings. The first kappa shape index (κ1) is 24.8. The molecule has 1 aromatic heterocycles. The summed E-state index contributed by atoms with van der Waals surface area (Å²) in [5.41, 5.74) is -1.15. The highest BCUT2D eigenvalue weighted by Gasteiger charge is 2.48. The molecule has 6 nitrogen and oxygen atoms in total. The van der Waals surface area contributed by atoms with Crippen LogP contribution < -0.4 is 5.32 Å². The van der Waals surface area contributed by atoms with E-state index in [1.54, 1.807) is 12.1 Å². The lowest BCUT2D eigenvalue weighted by atomic mass is 9.96. The zero-order valence-electron chi connectivity index (χ0n) is 17.3. The number of Topliss-reactive ketones (excluding diaryl/α,β-unsaturated/α-hetero) is 1. The summed E-state index contributed by atoms with van der Waals surface area (Å²) in [5.74, 6) is -3.00. The van der Waals surface area contributed by atoms with Crippen molar-refractivity contribution in [3.8, 4) is 6.07 Å². The minimum Gasteiger partial charge on any atom is -0.298 e. The number of halogens is 4. The van der Waals surface area contributed by atoms with Gasteiger partial charge in [-0.1, -0.05) is 18.2 Å². The molecule has 3 rings (SSSR count). The highest BCUT2D eigenvalue weighted by molar-refractivity contribution is 7.90. The zero-order chi connectivity index (χ0) is 24.3. The van der Waals surface area contributed by atoms with Crippen molar-refractivity contribution in [2.75, 3.05) is 5.75 Å². The molecule has 33 heavy (non-hydrogen) atoms. The molecule has 0 bridgehead atoms. The van der Waals surface area contributed by atoms with E-state index in [4.69, 9.17) is 0 Å². The number of benzene rings is 1. The van der Waals surface area contributed by atoms with E-state index in [0.717, 1.165) is 24.3 Å². The average Bonchev–Trinajstić information content (AvgIpc) is 3.51. The Kier molecular flexibility index (Phi) is 7.19. The molecular formula is C22H21F4N3O3S. The Bertz CT molecular complexity index is 1130. The first-order valence-corrected chi connectivity index (χ1v) is 11.9. The Hall–Kier alpha value is -2.84. The summed E-state index contributed by atoms with van der Waals surface area (Å²) < 4.78 is 80.3. The van der Waals surface area contributed by atoms with Gasteiger partial charge in [0.2, 0.25) is 0 Å². The van der Waals surface area contributed by atoms with Gasteiger partial charge in [0.1, 0.15) is 11.9 Å². The van der Waals surface area contributed by atoms with Crippen molar-refractivity contribution in [2.24, 2.45) is 5.41 Å². The fourth-order valence-corrected chi connectivity index (χ4v) is 4.96. The number of sulfone groups is 1. The zero-order valence-corrected chi connectivity index (χ0v) is 18.2. The number of carbonyl (C=O) groups excluding carboxylic acids is 1. The van der Waals surface area contributed by atoms with Crippen molar-refractivity contribution in [2.45, 2.75) is 43.3 Å². The van der Waals surface area contributed by atoms with Crippen molar-refractivity contribution < 1.29 is 30.8 Å². The number of hydrogen-bond acceptors (Lipinski definition) is 6. The number of ketones is 1. The molecular weight excluding hydrogens is 462 g/mol. The summed E-state index contributed by atoms with van der Waals surface area (Å²) in [6.07, 6.45) is -3.03. The van der Waals surface area contributed by atoms with Gasteiger partial charge < -0.3 is 0 Å². The molecule has 1 aromatic carbocycles. The molecule has 1 heterocycles. The first-order chi connectivity index (χ1) is 15.4. The molecule has 0 amide bonds. The topological polar surface area (TPSA) is 99.9 Å². The van der Waals surface area contributed by atoms with Crippen LogP contribution in [0.25, 0.3) is 0 Å². The molecule has 11 heteroatoms. The third-order valence-electron chi connectivity index (χ3n) is 5.41. The highest BCUT2D eigenvalue weighted by atomic mass is 32.2. The molecule has 1 fully saturated rings. The van der Waals surface area contributed by atoms with Crippen LogP contribution >= 0.6 is 0 Å². The first-order valence-electron chi connectivity index (χ1n) is 10.1. The third-order valence-corrected chi connectivity index (χ3v) is 6.98. The second-order valence-corrected chi connectivity index (χ2v) is 10.3. The van der Waals surface area contributed by atoms with E-state index in [2.05, 4.69) is 10.3 Å². The number of nitrogens with one attached hydrogen (secondary N) is 1. The van der Waals surface area contributed by atoms with Crippen molar-refractivity contribution >= 4 is 15.6 Å². The van der Waals surface area contributed by atoms with Gasteiger partial charge in [0.05, 0.1) is 34.7 Å². The van der Waals surface area contributed by atoms with Crippen molar-refractivity contribution in [3.05, 3.63) is 65.7 Å². The van der Waals surface area contributed by atoms with Crippen LogP contribution in [0, 0.1) is 22.6 Å². The van der Waals surface area contributed by atoms with Gasteiger partial charge in [0, 0.05) is 12.6 Å². The number of hydrogen-bond donors (Lipinski definition) is 1. The molecule has 1 N–H and O–H groups in total. The van der Waals surface area contributed by atoms with Crippen LogP contribution in [0.4, 0.5) is 17.6 Å². The Labute approximate surface area is 188 Å². The molecule has 0 saturated heterocycles. The molecule has 176 valence electrons. The van der Waals surface area contributed by atoms with Crippen LogP contribution in [0.2, 0.25) is 0 Å². The largest absolute Gasteiger partial charge is 0.407 e. The van der Waals surface area contributed by atoms with Gasteiger partial charge >= 0.3 is 6.18 Å². The van der Waals surface area contributed by atoms with E-state index in [9.17, 15) is 36.0 Å². The lowest BCUT2D eigenvalue weighted by molar-refractivity contribution is -0.160. The molecule has 0 spiro atoms. The van der Waals surface area contributed by atoms with Crippen LogP contribution in [0.5, 0.6) is 0 Å². The lowest BCUT2D eigenvalue weighted by Gasteiger charge is -2.27. The maximum absolute atomic E-state index is 13.8. The van der Waals surface area contributed by atoms with Gasteiger partial charge in [0.25, 0.3) is 0 Å². The van der Waals surface area contributed by atoms with E-state index >= 15 is 0 Å². The summed E-state index contributed by atoms with van der Waals surface area (Å²) in [6, 6.07) is 5.99. The maximum atomic E-state index is 13.8. The average molecular weight is 483 g/mol. The molecule has 1 aliphatic carbocycles. The summed E-state index contributed by atoms with van der Waals surface area (Å²) in [7, 11) is -4.06. The maximum Gasteiger partial charge on any atom is 0.407 e. The molecule has 1 saturated carbocycles. The lowest BCUT2D eigenvalue weighted by Crippen LogP contribution is -2.48. The van der Waals surface area contributed by atoms with Crippen LogP contribution in [0.3, 0.4) is 0 Å². The monoisotopic (exact) mass is 483 g/mol. The Balaban J connectivity index is 1.89. The molecule has 0 unspecified atom stereocenters. The molecule has 0 aliphatic heterocycles. The van der Waals surface area contributed by atoms with E-state index in [0.29, 0.717) is 12.8 Å². The molecule has 0 radical (unpaired) electrons. The quantitative estimate of drug-likeness (QED) is 0.518. The van der Waals surface area contributed by atoms with Gasteiger partial charge in [-0.25, -0.2) is 12.8 Å². The van der Waals surface area contributed by atoms with Gasteiger partial charge in [0.15, 0.2) is 15.6 Å². The fourth-order valence-electron chi connectivity index (χ4n) is 3.43. The summed E-state index contributed by atoms with van der Waals surface area (Å²) in [4.78, 5) is 16.8. The van der Waals surface area contributed by atoms with Gasteiger partial charge in [-0.15, -0.1) is 0 Å². The number of rotatable bonds is 10. The van der Waals surface area contributed by atoms with E-state index in [1.807, 2.05) is 6.07 Å². The van der Waals surface area contributed by atoms with Gasteiger partial charge in [-0.3, -0.25) is 15.1 Å². The van der Waals surface area contributed by atoms with Crippen molar-refractivity contribution in [1.29, 1.82) is 5.26 Å². The van der Waals surface area contributed by atoms with Gasteiger partial charge in [-0.05, 0) is 42.7 Å². The number of nitriles is 1. The van der Waals surface area contributed by atoms with Crippen molar-refractivity contribution in [3.63, 3.8) is 0 Å². The number of carbonyl (C=O) groups is 1. The predicted molar refractivity (Wildman–Crippen MR) is 111 cm³/mol.